The van der Waals surface area contributed by atoms with Crippen molar-refractivity contribution in [2.45, 2.75) is 13.0 Å². The van der Waals surface area contributed by atoms with Crippen LogP contribution in [0.3, 0.4) is 0 Å². The number of guanidine groups is 1. The molecule has 2 N–H and O–H groups in total. The number of nitrogens with one attached hydrogen (secondary N) is 2. The summed E-state index contributed by atoms with van der Waals surface area (Å²) >= 11 is 5.85. The lowest BCUT2D eigenvalue weighted by molar-refractivity contribution is 0.445. The van der Waals surface area contributed by atoms with Gasteiger partial charge < -0.3 is 10.6 Å². The molecule has 0 radical (unpaired) electrons. The summed E-state index contributed by atoms with van der Waals surface area (Å²) in [7, 11) is -1.35. The fourth-order valence-corrected chi connectivity index (χ4v) is 3.90. The molecule has 1 saturated heterocycles. The van der Waals surface area contributed by atoms with Crippen LogP contribution in [0.5, 0.6) is 0 Å². The third-order valence-electron chi connectivity index (χ3n) is 3.45. The van der Waals surface area contributed by atoms with Gasteiger partial charge in [-0.05, 0) is 24.1 Å². The van der Waals surface area contributed by atoms with Gasteiger partial charge in [0.15, 0.2) is 5.96 Å². The van der Waals surface area contributed by atoms with E-state index < -0.39 is 10.0 Å². The molecule has 0 amide bonds. The standard InChI is InChI=1S/C14H21ClN4O2S.HI/c1-16-14(18-11-12-3-5-13(15)6-4-12)17-7-9-19-8-2-10-22(19,20)21;/h3-6H,2,7-11H2,1H3,(H2,16,17,18);1H. The van der Waals surface area contributed by atoms with Crippen LogP contribution in [0.25, 0.3) is 0 Å². The van der Waals surface area contributed by atoms with Crippen LogP contribution in [0.4, 0.5) is 0 Å². The highest BCUT2D eigenvalue weighted by atomic mass is 127. The minimum absolute atomic E-state index is 0. The van der Waals surface area contributed by atoms with Crippen LogP contribution in [0, 0.1) is 0 Å². The highest BCUT2D eigenvalue weighted by Crippen LogP contribution is 2.11. The molecule has 0 spiro atoms. The van der Waals surface area contributed by atoms with Crippen LogP contribution in [-0.4, -0.2) is 51.1 Å². The van der Waals surface area contributed by atoms with Crippen LogP contribution in [0.2, 0.25) is 5.02 Å². The van der Waals surface area contributed by atoms with E-state index in [0.717, 1.165) is 5.56 Å². The molecule has 1 aliphatic rings. The topological polar surface area (TPSA) is 73.8 Å². The molecule has 23 heavy (non-hydrogen) atoms. The molecule has 130 valence electrons. The lowest BCUT2D eigenvalue weighted by atomic mass is 10.2. The van der Waals surface area contributed by atoms with Gasteiger partial charge in [-0.25, -0.2) is 12.7 Å². The molecule has 0 aromatic heterocycles. The lowest BCUT2D eigenvalue weighted by Crippen LogP contribution is -2.41. The number of nitrogens with zero attached hydrogens (tertiary/aromatic N) is 2. The SMILES string of the molecule is CN=C(NCCN1CCCS1(=O)=O)NCc1ccc(Cl)cc1.I. The zero-order valence-corrected chi connectivity index (χ0v) is 16.9. The first-order chi connectivity index (χ1) is 10.5. The number of sulfonamides is 1. The molecule has 1 aromatic rings. The average Bonchev–Trinajstić information content (AvgIpc) is 2.83. The van der Waals surface area contributed by atoms with E-state index in [1.54, 1.807) is 7.05 Å². The molecule has 9 heteroatoms. The third kappa shape index (κ3) is 6.44. The smallest absolute Gasteiger partial charge is 0.214 e. The Balaban J connectivity index is 0.00000264. The number of aliphatic imine (C=N–C) groups is 1. The maximum Gasteiger partial charge on any atom is 0.214 e. The van der Waals surface area contributed by atoms with Gasteiger partial charge in [-0.3, -0.25) is 4.99 Å². The molecule has 6 nitrogen and oxygen atoms in total. The average molecular weight is 473 g/mol. The van der Waals surface area contributed by atoms with Crippen LogP contribution in [0.1, 0.15) is 12.0 Å². The molecule has 0 aliphatic carbocycles. The molecule has 0 bridgehead atoms. The molecule has 1 heterocycles. The predicted octanol–water partition coefficient (Wildman–Crippen LogP) is 1.66. The van der Waals surface area contributed by atoms with E-state index in [1.807, 2.05) is 24.3 Å². The Kier molecular flexibility index (Phi) is 8.59. The molecule has 0 unspecified atom stereocenters. The number of hydrogen-bond donors (Lipinski definition) is 2. The van der Waals surface area contributed by atoms with Crippen LogP contribution < -0.4 is 10.6 Å². The Morgan fingerprint density at radius 1 is 1.30 bits per heavy atom. The van der Waals surface area contributed by atoms with Crippen molar-refractivity contribution in [1.82, 2.24) is 14.9 Å². The van der Waals surface area contributed by atoms with E-state index >= 15 is 0 Å². The largest absolute Gasteiger partial charge is 0.355 e. The van der Waals surface area contributed by atoms with Crippen molar-refractivity contribution < 1.29 is 8.42 Å². The third-order valence-corrected chi connectivity index (χ3v) is 5.66. The maximum absolute atomic E-state index is 11.7. The summed E-state index contributed by atoms with van der Waals surface area (Å²) in [5, 5.41) is 7.01. The highest BCUT2D eigenvalue weighted by molar-refractivity contribution is 14.0. The monoisotopic (exact) mass is 472 g/mol. The van der Waals surface area contributed by atoms with Crippen LogP contribution in [-0.2, 0) is 16.6 Å². The Labute approximate surface area is 159 Å². The van der Waals surface area contributed by atoms with Gasteiger partial charge in [-0.15, -0.1) is 24.0 Å². The Hall–Kier alpha value is -0.580. The fourth-order valence-electron chi connectivity index (χ4n) is 2.25. The zero-order chi connectivity index (χ0) is 16.0. The number of benzene rings is 1. The van der Waals surface area contributed by atoms with Crippen molar-refractivity contribution in [2.75, 3.05) is 32.4 Å². The Bertz CT molecular complexity index is 622. The summed E-state index contributed by atoms with van der Waals surface area (Å²) in [5.41, 5.74) is 1.09. The summed E-state index contributed by atoms with van der Waals surface area (Å²) in [5.74, 6) is 0.905. The summed E-state index contributed by atoms with van der Waals surface area (Å²) in [6, 6.07) is 7.57. The van der Waals surface area contributed by atoms with Crippen molar-refractivity contribution >= 4 is 51.6 Å². The quantitative estimate of drug-likeness (QED) is 0.388. The summed E-state index contributed by atoms with van der Waals surface area (Å²) in [6.45, 7) is 2.23. The summed E-state index contributed by atoms with van der Waals surface area (Å²) < 4.78 is 24.9. The van der Waals surface area contributed by atoms with E-state index in [0.29, 0.717) is 43.6 Å². The first-order valence-corrected chi connectivity index (χ1v) is 9.17. The normalized spacial score (nSPS) is 17.6. The molecule has 2 rings (SSSR count). The summed E-state index contributed by atoms with van der Waals surface area (Å²) in [4.78, 5) is 4.12. The molecule has 0 saturated carbocycles. The highest BCUT2D eigenvalue weighted by Gasteiger charge is 2.27. The Morgan fingerprint density at radius 2 is 2.00 bits per heavy atom. The second-order valence-electron chi connectivity index (χ2n) is 5.05. The van der Waals surface area contributed by atoms with E-state index in [9.17, 15) is 8.42 Å². The van der Waals surface area contributed by atoms with E-state index in [-0.39, 0.29) is 29.7 Å². The van der Waals surface area contributed by atoms with E-state index in [2.05, 4.69) is 15.6 Å². The minimum atomic E-state index is -3.03. The van der Waals surface area contributed by atoms with Gasteiger partial charge in [0.1, 0.15) is 0 Å². The van der Waals surface area contributed by atoms with Crippen molar-refractivity contribution in [2.24, 2.45) is 4.99 Å². The van der Waals surface area contributed by atoms with Crippen LogP contribution in [0.15, 0.2) is 29.3 Å². The molecule has 1 fully saturated rings. The van der Waals surface area contributed by atoms with Gasteiger partial charge in [0.2, 0.25) is 10.0 Å². The number of hydrogen-bond acceptors (Lipinski definition) is 3. The number of rotatable bonds is 5. The Morgan fingerprint density at radius 3 is 2.57 bits per heavy atom. The van der Waals surface area contributed by atoms with Crippen molar-refractivity contribution in [3.05, 3.63) is 34.9 Å². The maximum atomic E-state index is 11.7. The van der Waals surface area contributed by atoms with Gasteiger partial charge >= 0.3 is 0 Å². The fraction of sp³-hybridized carbons (Fsp3) is 0.500. The first kappa shape index (κ1) is 20.5. The van der Waals surface area contributed by atoms with Crippen molar-refractivity contribution in [1.29, 1.82) is 0 Å². The van der Waals surface area contributed by atoms with Gasteiger partial charge in [0, 0.05) is 38.2 Å². The molecule has 1 aliphatic heterocycles. The zero-order valence-electron chi connectivity index (χ0n) is 13.0. The van der Waals surface area contributed by atoms with Crippen molar-refractivity contribution in [3.63, 3.8) is 0 Å². The second kappa shape index (κ2) is 9.65. The van der Waals surface area contributed by atoms with Crippen molar-refractivity contribution in [3.8, 4) is 0 Å². The molecular weight excluding hydrogens is 451 g/mol. The van der Waals surface area contributed by atoms with Gasteiger partial charge in [0.25, 0.3) is 0 Å². The molecule has 1 aromatic carbocycles. The predicted molar refractivity (Wildman–Crippen MR) is 105 cm³/mol. The van der Waals surface area contributed by atoms with E-state index in [4.69, 9.17) is 11.6 Å². The van der Waals surface area contributed by atoms with Gasteiger partial charge in [-0.1, -0.05) is 23.7 Å². The van der Waals surface area contributed by atoms with E-state index in [1.165, 1.54) is 4.31 Å². The molecular formula is C14H22ClIN4O2S. The second-order valence-corrected chi connectivity index (χ2v) is 7.57. The van der Waals surface area contributed by atoms with Crippen LogP contribution >= 0.6 is 35.6 Å². The first-order valence-electron chi connectivity index (χ1n) is 7.18. The van der Waals surface area contributed by atoms with Gasteiger partial charge in [0.05, 0.1) is 5.75 Å². The molecule has 0 atom stereocenters. The number of halogens is 2. The summed E-state index contributed by atoms with van der Waals surface area (Å²) in [6.07, 6.45) is 0.714. The minimum Gasteiger partial charge on any atom is -0.355 e. The van der Waals surface area contributed by atoms with Gasteiger partial charge in [-0.2, -0.15) is 0 Å². The lowest BCUT2D eigenvalue weighted by Gasteiger charge is -2.16.